The van der Waals surface area contributed by atoms with Crippen molar-refractivity contribution in [2.45, 2.75) is 0 Å². The van der Waals surface area contributed by atoms with Crippen molar-refractivity contribution in [1.82, 2.24) is 0 Å². The van der Waals surface area contributed by atoms with Gasteiger partial charge in [-0.15, -0.1) is 0 Å². The highest BCUT2D eigenvalue weighted by Crippen LogP contribution is 2.32. The molecule has 0 N–H and O–H groups in total. The van der Waals surface area contributed by atoms with Crippen LogP contribution < -0.4 is 0 Å². The highest BCUT2D eigenvalue weighted by Gasteiger charge is 2.10. The van der Waals surface area contributed by atoms with Crippen LogP contribution in [0.25, 0.3) is 23.0 Å². The minimum absolute atomic E-state index is 0.477. The predicted octanol–water partition coefficient (Wildman–Crippen LogP) is 6.97. The van der Waals surface area contributed by atoms with Crippen LogP contribution in [0.3, 0.4) is 0 Å². The molecule has 0 radical (unpaired) electrons. The first-order chi connectivity index (χ1) is 11.6. The normalized spacial score (nSPS) is 11.3. The van der Waals surface area contributed by atoms with Crippen molar-refractivity contribution >= 4 is 46.5 Å². The zero-order valence-electron chi connectivity index (χ0n) is 12.3. The Morgan fingerprint density at radius 2 is 1.62 bits per heavy atom. The van der Waals surface area contributed by atoms with E-state index in [0.717, 1.165) is 5.56 Å². The lowest BCUT2D eigenvalue weighted by molar-refractivity contribution is 0.572. The lowest BCUT2D eigenvalue weighted by Crippen LogP contribution is -1.80. The smallest absolute Gasteiger partial charge is 0.136 e. The van der Waals surface area contributed by atoms with Crippen LogP contribution in [0.1, 0.15) is 11.3 Å². The topological polar surface area (TPSA) is 36.9 Å². The molecule has 2 nitrogen and oxygen atoms in total. The first kappa shape index (κ1) is 16.7. The van der Waals surface area contributed by atoms with Crippen LogP contribution in [-0.4, -0.2) is 0 Å². The fourth-order valence-corrected chi connectivity index (χ4v) is 2.72. The molecule has 0 aliphatic carbocycles. The summed E-state index contributed by atoms with van der Waals surface area (Å²) < 4.78 is 5.79. The SMILES string of the molecule is N#C/C(=C/c1ccc(-c2cc(Cl)ccc2Cl)o1)c1ccc(Cl)cc1. The van der Waals surface area contributed by atoms with E-state index in [-0.39, 0.29) is 0 Å². The molecular formula is C19H10Cl3NO. The fraction of sp³-hybridized carbons (Fsp3) is 0. The Hall–Kier alpha value is -2.18. The van der Waals surface area contributed by atoms with Crippen molar-refractivity contribution < 1.29 is 4.42 Å². The molecule has 118 valence electrons. The van der Waals surface area contributed by atoms with E-state index in [1.807, 2.05) is 0 Å². The average Bonchev–Trinajstić information content (AvgIpc) is 3.04. The van der Waals surface area contributed by atoms with Crippen LogP contribution in [0.15, 0.2) is 59.0 Å². The van der Waals surface area contributed by atoms with Gasteiger partial charge >= 0.3 is 0 Å². The molecule has 0 aliphatic heterocycles. The largest absolute Gasteiger partial charge is 0.457 e. The first-order valence-electron chi connectivity index (χ1n) is 7.00. The highest BCUT2D eigenvalue weighted by molar-refractivity contribution is 6.35. The summed E-state index contributed by atoms with van der Waals surface area (Å²) in [4.78, 5) is 0. The molecule has 0 bridgehead atoms. The van der Waals surface area contributed by atoms with E-state index in [0.29, 0.717) is 37.7 Å². The van der Waals surface area contributed by atoms with E-state index in [9.17, 15) is 5.26 Å². The summed E-state index contributed by atoms with van der Waals surface area (Å²) in [5.74, 6) is 1.13. The highest BCUT2D eigenvalue weighted by atomic mass is 35.5. The number of rotatable bonds is 3. The van der Waals surface area contributed by atoms with Gasteiger partial charge < -0.3 is 4.42 Å². The van der Waals surface area contributed by atoms with Gasteiger partial charge in [-0.25, -0.2) is 0 Å². The third kappa shape index (κ3) is 3.66. The zero-order valence-corrected chi connectivity index (χ0v) is 14.5. The van der Waals surface area contributed by atoms with Gasteiger partial charge in [-0.2, -0.15) is 5.26 Å². The maximum atomic E-state index is 9.38. The molecule has 0 fully saturated rings. The van der Waals surface area contributed by atoms with E-state index in [4.69, 9.17) is 39.2 Å². The van der Waals surface area contributed by atoms with Crippen LogP contribution in [0, 0.1) is 11.3 Å². The third-order valence-corrected chi connectivity index (χ3v) is 4.20. The number of hydrogen-bond donors (Lipinski definition) is 0. The molecule has 1 aromatic heterocycles. The minimum Gasteiger partial charge on any atom is -0.457 e. The number of furan rings is 1. The number of hydrogen-bond acceptors (Lipinski definition) is 2. The second-order valence-corrected chi connectivity index (χ2v) is 6.28. The lowest BCUT2D eigenvalue weighted by atomic mass is 10.1. The summed E-state index contributed by atoms with van der Waals surface area (Å²) in [5.41, 5.74) is 1.94. The molecule has 0 amide bonds. The Morgan fingerprint density at radius 3 is 2.33 bits per heavy atom. The van der Waals surface area contributed by atoms with E-state index in [1.54, 1.807) is 60.7 Å². The van der Waals surface area contributed by atoms with Crippen molar-refractivity contribution in [3.63, 3.8) is 0 Å². The van der Waals surface area contributed by atoms with E-state index >= 15 is 0 Å². The molecule has 0 unspecified atom stereocenters. The Morgan fingerprint density at radius 1 is 0.917 bits per heavy atom. The Kier molecular flexibility index (Phi) is 4.97. The standard InChI is InChI=1S/C19H10Cl3NO/c20-14-3-1-12(2-4-14)13(11-23)9-16-6-8-19(24-16)17-10-15(21)5-7-18(17)22/h1-10H/b13-9-. The molecular weight excluding hydrogens is 365 g/mol. The quantitative estimate of drug-likeness (QED) is 0.464. The van der Waals surface area contributed by atoms with Crippen molar-refractivity contribution in [3.8, 4) is 17.4 Å². The lowest BCUT2D eigenvalue weighted by Gasteiger charge is -2.01. The second-order valence-electron chi connectivity index (χ2n) is 5.00. The van der Waals surface area contributed by atoms with E-state index in [2.05, 4.69) is 6.07 Å². The van der Waals surface area contributed by atoms with Gasteiger partial charge in [-0.3, -0.25) is 0 Å². The Labute approximate surface area is 154 Å². The van der Waals surface area contributed by atoms with Crippen LogP contribution in [-0.2, 0) is 0 Å². The molecule has 3 aromatic rings. The van der Waals surface area contributed by atoms with Crippen LogP contribution >= 0.6 is 34.8 Å². The average molecular weight is 375 g/mol. The minimum atomic E-state index is 0.477. The number of benzene rings is 2. The van der Waals surface area contributed by atoms with Crippen LogP contribution in [0.2, 0.25) is 15.1 Å². The summed E-state index contributed by atoms with van der Waals surface area (Å²) in [6.07, 6.45) is 1.67. The van der Waals surface area contributed by atoms with Gasteiger partial charge in [0.05, 0.1) is 16.7 Å². The fourth-order valence-electron chi connectivity index (χ4n) is 2.21. The van der Waals surface area contributed by atoms with Gasteiger partial charge in [0.15, 0.2) is 0 Å². The molecule has 0 aliphatic rings. The van der Waals surface area contributed by atoms with Crippen molar-refractivity contribution in [2.75, 3.05) is 0 Å². The summed E-state index contributed by atoms with van der Waals surface area (Å²) in [6.45, 7) is 0. The summed E-state index contributed by atoms with van der Waals surface area (Å²) in [5, 5.41) is 11.1. The van der Waals surface area contributed by atoms with E-state index < -0.39 is 0 Å². The van der Waals surface area contributed by atoms with E-state index in [1.165, 1.54) is 0 Å². The van der Waals surface area contributed by atoms with Crippen molar-refractivity contribution in [3.05, 3.63) is 81.0 Å². The molecule has 1 heterocycles. The van der Waals surface area contributed by atoms with Crippen LogP contribution in [0.4, 0.5) is 0 Å². The number of nitrogens with zero attached hydrogens (tertiary/aromatic N) is 1. The van der Waals surface area contributed by atoms with Gasteiger partial charge in [0.1, 0.15) is 11.5 Å². The van der Waals surface area contributed by atoms with Gasteiger partial charge in [0.25, 0.3) is 0 Å². The maximum absolute atomic E-state index is 9.38. The summed E-state index contributed by atoms with van der Waals surface area (Å²) >= 11 is 18.1. The molecule has 24 heavy (non-hydrogen) atoms. The van der Waals surface area contributed by atoms with Gasteiger partial charge in [-0.05, 0) is 54.1 Å². The molecule has 5 heteroatoms. The van der Waals surface area contributed by atoms with Gasteiger partial charge in [0, 0.05) is 15.6 Å². The van der Waals surface area contributed by atoms with Crippen LogP contribution in [0.5, 0.6) is 0 Å². The molecule has 2 aromatic carbocycles. The second kappa shape index (κ2) is 7.15. The maximum Gasteiger partial charge on any atom is 0.136 e. The van der Waals surface area contributed by atoms with Crippen molar-refractivity contribution in [1.29, 1.82) is 5.26 Å². The summed E-state index contributed by atoms with van der Waals surface area (Å²) in [6, 6.07) is 17.9. The molecule has 0 atom stereocenters. The van der Waals surface area contributed by atoms with Gasteiger partial charge in [0.2, 0.25) is 0 Å². The van der Waals surface area contributed by atoms with Crippen molar-refractivity contribution in [2.24, 2.45) is 0 Å². The molecule has 0 spiro atoms. The molecule has 3 rings (SSSR count). The monoisotopic (exact) mass is 373 g/mol. The summed E-state index contributed by atoms with van der Waals surface area (Å²) in [7, 11) is 0. The predicted molar refractivity (Wildman–Crippen MR) is 99.1 cm³/mol. The molecule has 0 saturated carbocycles. The van der Waals surface area contributed by atoms with Gasteiger partial charge in [-0.1, -0.05) is 46.9 Å². The Bertz CT molecular complexity index is 949. The number of nitriles is 1. The number of allylic oxidation sites excluding steroid dienone is 1. The third-order valence-electron chi connectivity index (χ3n) is 3.38. The molecule has 0 saturated heterocycles. The zero-order chi connectivity index (χ0) is 17.1. The number of halogens is 3. The Balaban J connectivity index is 1.96. The first-order valence-corrected chi connectivity index (χ1v) is 8.13.